The monoisotopic (exact) mass is 277 g/mol. The maximum atomic E-state index is 11.8. The average Bonchev–Trinajstić information content (AvgIpc) is 2.48. The van der Waals surface area contributed by atoms with Gasteiger partial charge in [-0.05, 0) is 19.1 Å². The predicted molar refractivity (Wildman–Crippen MR) is 78.6 cm³/mol. The van der Waals surface area contributed by atoms with Crippen molar-refractivity contribution in [1.29, 1.82) is 0 Å². The van der Waals surface area contributed by atoms with Gasteiger partial charge in [0.25, 0.3) is 0 Å². The number of hydrogen-bond acceptors (Lipinski definition) is 4. The van der Waals surface area contributed by atoms with Gasteiger partial charge in [0.2, 0.25) is 5.91 Å². The molecular weight excluding hydrogens is 254 g/mol. The van der Waals surface area contributed by atoms with Crippen LogP contribution in [-0.2, 0) is 4.79 Å². The topological polar surface area (TPSA) is 58.8 Å². The molecule has 0 aliphatic carbocycles. The summed E-state index contributed by atoms with van der Waals surface area (Å²) in [4.78, 5) is 15.9. The van der Waals surface area contributed by atoms with Gasteiger partial charge in [-0.2, -0.15) is 0 Å². The van der Waals surface area contributed by atoms with Crippen LogP contribution < -0.4 is 10.5 Å². The first kappa shape index (κ1) is 14.8. The quantitative estimate of drug-likeness (QED) is 0.854. The second-order valence-corrected chi connectivity index (χ2v) is 5.12. The van der Waals surface area contributed by atoms with E-state index in [1.807, 2.05) is 35.2 Å². The molecule has 1 fully saturated rings. The fraction of sp³-hybridized carbons (Fsp3) is 0.533. The van der Waals surface area contributed by atoms with Gasteiger partial charge in [-0.25, -0.2) is 0 Å². The summed E-state index contributed by atoms with van der Waals surface area (Å²) in [5.41, 5.74) is 5.62. The Hall–Kier alpha value is -1.59. The van der Waals surface area contributed by atoms with Crippen LogP contribution in [0.15, 0.2) is 30.3 Å². The van der Waals surface area contributed by atoms with E-state index in [9.17, 15) is 4.79 Å². The molecule has 20 heavy (non-hydrogen) atoms. The van der Waals surface area contributed by atoms with Gasteiger partial charge in [-0.15, -0.1) is 0 Å². The number of carbonyl (C=O) groups is 1. The highest BCUT2D eigenvalue weighted by Crippen LogP contribution is 2.08. The summed E-state index contributed by atoms with van der Waals surface area (Å²) in [6, 6.07) is 9.42. The second-order valence-electron chi connectivity index (χ2n) is 5.12. The number of rotatable bonds is 5. The van der Waals surface area contributed by atoms with Crippen molar-refractivity contribution in [3.63, 3.8) is 0 Å². The van der Waals surface area contributed by atoms with E-state index >= 15 is 0 Å². The van der Waals surface area contributed by atoms with Gasteiger partial charge in [0.1, 0.15) is 12.4 Å². The van der Waals surface area contributed by atoms with Gasteiger partial charge >= 0.3 is 0 Å². The summed E-state index contributed by atoms with van der Waals surface area (Å²) < 4.78 is 5.68. The van der Waals surface area contributed by atoms with Crippen molar-refractivity contribution in [2.24, 2.45) is 5.73 Å². The molecule has 0 saturated carbocycles. The molecule has 0 radical (unpaired) electrons. The van der Waals surface area contributed by atoms with Gasteiger partial charge in [-0.1, -0.05) is 18.2 Å². The first-order valence-electron chi connectivity index (χ1n) is 7.11. The SMILES string of the molecule is C[C@@H](N)C(=O)N1CCN(CCOc2ccccc2)CC1. The molecule has 1 aliphatic rings. The molecule has 1 aliphatic heterocycles. The lowest BCUT2D eigenvalue weighted by Crippen LogP contribution is -2.53. The molecular formula is C15H23N3O2. The number of benzene rings is 1. The first-order valence-corrected chi connectivity index (χ1v) is 7.11. The Bertz CT molecular complexity index is 414. The fourth-order valence-electron chi connectivity index (χ4n) is 2.29. The Kier molecular flexibility index (Phi) is 5.38. The van der Waals surface area contributed by atoms with Crippen LogP contribution >= 0.6 is 0 Å². The highest BCUT2D eigenvalue weighted by atomic mass is 16.5. The van der Waals surface area contributed by atoms with Gasteiger partial charge in [0.05, 0.1) is 6.04 Å². The van der Waals surface area contributed by atoms with Crippen molar-refractivity contribution in [3.8, 4) is 5.75 Å². The Balaban J connectivity index is 1.66. The van der Waals surface area contributed by atoms with E-state index in [1.165, 1.54) is 0 Å². The van der Waals surface area contributed by atoms with Crippen LogP contribution in [0.5, 0.6) is 5.75 Å². The molecule has 110 valence electrons. The van der Waals surface area contributed by atoms with Crippen molar-refractivity contribution < 1.29 is 9.53 Å². The zero-order chi connectivity index (χ0) is 14.4. The first-order chi connectivity index (χ1) is 9.66. The smallest absolute Gasteiger partial charge is 0.239 e. The van der Waals surface area contributed by atoms with Crippen LogP contribution in [0.2, 0.25) is 0 Å². The van der Waals surface area contributed by atoms with Gasteiger partial charge in [0, 0.05) is 32.7 Å². The molecule has 2 rings (SSSR count). The maximum Gasteiger partial charge on any atom is 0.239 e. The minimum absolute atomic E-state index is 0.0465. The molecule has 5 heteroatoms. The zero-order valence-electron chi connectivity index (χ0n) is 12.0. The number of carbonyl (C=O) groups excluding carboxylic acids is 1. The van der Waals surface area contributed by atoms with Gasteiger partial charge < -0.3 is 15.4 Å². The van der Waals surface area contributed by atoms with Crippen LogP contribution in [-0.4, -0.2) is 61.1 Å². The second kappa shape index (κ2) is 7.26. The molecule has 1 aromatic rings. The van der Waals surface area contributed by atoms with E-state index in [0.29, 0.717) is 6.61 Å². The highest BCUT2D eigenvalue weighted by molar-refractivity contribution is 5.81. The molecule has 1 amide bonds. The van der Waals surface area contributed by atoms with E-state index in [0.717, 1.165) is 38.5 Å². The molecule has 1 atom stereocenters. The summed E-state index contributed by atoms with van der Waals surface area (Å²) >= 11 is 0. The minimum atomic E-state index is -0.400. The number of piperazine rings is 1. The third kappa shape index (κ3) is 4.21. The van der Waals surface area contributed by atoms with Gasteiger partial charge in [-0.3, -0.25) is 9.69 Å². The van der Waals surface area contributed by atoms with E-state index in [1.54, 1.807) is 6.92 Å². The minimum Gasteiger partial charge on any atom is -0.492 e. The van der Waals surface area contributed by atoms with Gasteiger partial charge in [0.15, 0.2) is 0 Å². The third-order valence-corrected chi connectivity index (χ3v) is 3.49. The number of para-hydroxylation sites is 1. The number of nitrogens with zero attached hydrogens (tertiary/aromatic N) is 2. The standard InChI is InChI=1S/C15H23N3O2/c1-13(16)15(19)18-9-7-17(8-10-18)11-12-20-14-5-3-2-4-6-14/h2-6,13H,7-12,16H2,1H3/t13-/m1/s1. The van der Waals surface area contributed by atoms with E-state index in [4.69, 9.17) is 10.5 Å². The molecule has 0 spiro atoms. The van der Waals surface area contributed by atoms with E-state index in [2.05, 4.69) is 4.90 Å². The number of hydrogen-bond donors (Lipinski definition) is 1. The van der Waals surface area contributed by atoms with Crippen LogP contribution in [0.1, 0.15) is 6.92 Å². The number of ether oxygens (including phenoxy) is 1. The Morgan fingerprint density at radius 1 is 1.25 bits per heavy atom. The molecule has 1 aromatic carbocycles. The lowest BCUT2D eigenvalue weighted by molar-refractivity contribution is -0.133. The Morgan fingerprint density at radius 2 is 1.90 bits per heavy atom. The summed E-state index contributed by atoms with van der Waals surface area (Å²) in [7, 11) is 0. The Morgan fingerprint density at radius 3 is 2.50 bits per heavy atom. The molecule has 0 bridgehead atoms. The zero-order valence-corrected chi connectivity index (χ0v) is 12.0. The predicted octanol–water partition coefficient (Wildman–Crippen LogP) is 0.557. The highest BCUT2D eigenvalue weighted by Gasteiger charge is 2.22. The molecule has 0 unspecified atom stereocenters. The molecule has 0 aromatic heterocycles. The summed E-state index contributed by atoms with van der Waals surface area (Å²) in [5, 5.41) is 0. The molecule has 5 nitrogen and oxygen atoms in total. The van der Waals surface area contributed by atoms with Crippen molar-refractivity contribution in [2.75, 3.05) is 39.3 Å². The summed E-state index contributed by atoms with van der Waals surface area (Å²) in [5.74, 6) is 0.948. The molecule has 2 N–H and O–H groups in total. The fourth-order valence-corrected chi connectivity index (χ4v) is 2.29. The van der Waals surface area contributed by atoms with Crippen molar-refractivity contribution in [1.82, 2.24) is 9.80 Å². The lowest BCUT2D eigenvalue weighted by atomic mass is 10.2. The number of nitrogens with two attached hydrogens (primary N) is 1. The van der Waals surface area contributed by atoms with Crippen LogP contribution in [0.25, 0.3) is 0 Å². The molecule has 1 heterocycles. The van der Waals surface area contributed by atoms with Crippen LogP contribution in [0.3, 0.4) is 0 Å². The summed E-state index contributed by atoms with van der Waals surface area (Å²) in [6.07, 6.45) is 0. The maximum absolute atomic E-state index is 11.8. The lowest BCUT2D eigenvalue weighted by Gasteiger charge is -2.35. The third-order valence-electron chi connectivity index (χ3n) is 3.49. The average molecular weight is 277 g/mol. The van der Waals surface area contributed by atoms with Crippen molar-refractivity contribution >= 4 is 5.91 Å². The Labute approximate surface area is 120 Å². The molecule has 1 saturated heterocycles. The normalized spacial score (nSPS) is 17.8. The van der Waals surface area contributed by atoms with Crippen LogP contribution in [0.4, 0.5) is 0 Å². The van der Waals surface area contributed by atoms with Crippen LogP contribution in [0, 0.1) is 0 Å². The van der Waals surface area contributed by atoms with Crippen molar-refractivity contribution in [2.45, 2.75) is 13.0 Å². The van der Waals surface area contributed by atoms with E-state index < -0.39 is 6.04 Å². The number of amides is 1. The van der Waals surface area contributed by atoms with Crippen molar-refractivity contribution in [3.05, 3.63) is 30.3 Å². The largest absolute Gasteiger partial charge is 0.492 e. The summed E-state index contributed by atoms with van der Waals surface area (Å²) in [6.45, 7) is 6.58. The van der Waals surface area contributed by atoms with E-state index in [-0.39, 0.29) is 5.91 Å².